The molecule has 2 N–H and O–H groups in total. The molecule has 1 aliphatic carbocycles. The second-order valence-electron chi connectivity index (χ2n) is 7.98. The fraction of sp³-hybridized carbons (Fsp3) is 0.364. The maximum atomic E-state index is 13.5. The molecule has 1 heterocycles. The zero-order valence-corrected chi connectivity index (χ0v) is 19.7. The quantitative estimate of drug-likeness (QED) is 0.501. The van der Waals surface area contributed by atoms with Gasteiger partial charge in [0.15, 0.2) is 11.5 Å². The van der Waals surface area contributed by atoms with Crippen LogP contribution in [0.5, 0.6) is 11.5 Å². The lowest BCUT2D eigenvalue weighted by Gasteiger charge is -2.29. The minimum absolute atomic E-state index is 0.00465. The van der Waals surface area contributed by atoms with E-state index in [0.717, 1.165) is 0 Å². The number of halogens is 2. The van der Waals surface area contributed by atoms with Gasteiger partial charge >= 0.3 is 0 Å². The Kier molecular flexibility index (Phi) is 6.87. The van der Waals surface area contributed by atoms with Gasteiger partial charge in [0.25, 0.3) is 0 Å². The first-order valence-electron chi connectivity index (χ1n) is 10.4. The van der Waals surface area contributed by atoms with Gasteiger partial charge in [-0.25, -0.2) is 27.5 Å². The largest absolute Gasteiger partial charge is 0.493 e. The molecular formula is C22H24ClFN4O4S. The van der Waals surface area contributed by atoms with Crippen LogP contribution in [0.25, 0.3) is 10.9 Å². The van der Waals surface area contributed by atoms with Crippen molar-refractivity contribution in [2.45, 2.75) is 37.8 Å². The Morgan fingerprint density at radius 3 is 2.52 bits per heavy atom. The molecule has 3 aromatic rings. The van der Waals surface area contributed by atoms with Crippen LogP contribution in [0.2, 0.25) is 5.02 Å². The van der Waals surface area contributed by atoms with Crippen molar-refractivity contribution >= 4 is 44.0 Å². The molecule has 176 valence electrons. The van der Waals surface area contributed by atoms with Gasteiger partial charge in [0.1, 0.15) is 18.0 Å². The van der Waals surface area contributed by atoms with E-state index < -0.39 is 15.8 Å². The second-order valence-corrected chi connectivity index (χ2v) is 10.2. The van der Waals surface area contributed by atoms with Crippen molar-refractivity contribution < 1.29 is 22.3 Å². The second kappa shape index (κ2) is 9.66. The standard InChI is InChI=1S/C22H24ClFN4O4S/c1-31-20-11-19-16(22(26-12-25-19)27-14-5-8-18(24)17(23)9-14)10-21(20)32-15-6-3-13(4-7-15)28-33(2,29)30/h5,8-13,15,28H,3-4,6-7H2,1-2H3,(H,25,26,27)/t13-,15+. The number of hydrogen-bond donors (Lipinski definition) is 2. The highest BCUT2D eigenvalue weighted by Crippen LogP contribution is 2.37. The predicted octanol–water partition coefficient (Wildman–Crippen LogP) is 4.41. The van der Waals surface area contributed by atoms with Gasteiger partial charge in [-0.3, -0.25) is 0 Å². The van der Waals surface area contributed by atoms with Crippen molar-refractivity contribution in [2.75, 3.05) is 18.7 Å². The summed E-state index contributed by atoms with van der Waals surface area (Å²) < 4.78 is 50.9. The molecule has 1 saturated carbocycles. The molecule has 2 aromatic carbocycles. The lowest BCUT2D eigenvalue weighted by atomic mass is 9.93. The molecule has 0 saturated heterocycles. The molecule has 0 amide bonds. The number of hydrogen-bond acceptors (Lipinski definition) is 7. The van der Waals surface area contributed by atoms with Crippen molar-refractivity contribution in [1.29, 1.82) is 0 Å². The minimum Gasteiger partial charge on any atom is -0.493 e. The van der Waals surface area contributed by atoms with E-state index in [1.165, 1.54) is 24.7 Å². The number of nitrogens with one attached hydrogen (secondary N) is 2. The molecule has 0 bridgehead atoms. The first-order chi connectivity index (χ1) is 15.7. The number of benzene rings is 2. The number of sulfonamides is 1. The van der Waals surface area contributed by atoms with Gasteiger partial charge in [-0.05, 0) is 49.9 Å². The summed E-state index contributed by atoms with van der Waals surface area (Å²) in [7, 11) is -1.67. The molecule has 1 aliphatic rings. The van der Waals surface area contributed by atoms with Crippen molar-refractivity contribution in [2.24, 2.45) is 0 Å². The van der Waals surface area contributed by atoms with Crippen LogP contribution >= 0.6 is 11.6 Å². The maximum absolute atomic E-state index is 13.5. The third-order valence-electron chi connectivity index (χ3n) is 5.45. The minimum atomic E-state index is -3.23. The van der Waals surface area contributed by atoms with Gasteiger partial charge in [0, 0.05) is 23.2 Å². The van der Waals surface area contributed by atoms with Gasteiger partial charge in [0.05, 0.1) is 30.0 Å². The smallest absolute Gasteiger partial charge is 0.208 e. The average Bonchev–Trinajstić information content (AvgIpc) is 2.76. The van der Waals surface area contributed by atoms with E-state index >= 15 is 0 Å². The molecule has 0 aliphatic heterocycles. The first-order valence-corrected chi connectivity index (χ1v) is 12.7. The number of rotatable bonds is 7. The van der Waals surface area contributed by atoms with Crippen LogP contribution in [-0.4, -0.2) is 43.9 Å². The zero-order chi connectivity index (χ0) is 23.6. The Morgan fingerprint density at radius 2 is 1.85 bits per heavy atom. The number of nitrogens with zero attached hydrogens (tertiary/aromatic N) is 2. The number of aromatic nitrogens is 2. The number of anilines is 2. The van der Waals surface area contributed by atoms with E-state index in [9.17, 15) is 12.8 Å². The van der Waals surface area contributed by atoms with Crippen LogP contribution < -0.4 is 19.5 Å². The highest BCUT2D eigenvalue weighted by atomic mass is 35.5. The molecule has 4 rings (SSSR count). The van der Waals surface area contributed by atoms with E-state index in [1.807, 2.05) is 6.07 Å². The van der Waals surface area contributed by atoms with Gasteiger partial charge in [-0.15, -0.1) is 0 Å². The summed E-state index contributed by atoms with van der Waals surface area (Å²) >= 11 is 5.90. The summed E-state index contributed by atoms with van der Waals surface area (Å²) in [4.78, 5) is 8.64. The highest BCUT2D eigenvalue weighted by molar-refractivity contribution is 7.88. The van der Waals surface area contributed by atoms with Gasteiger partial charge in [0.2, 0.25) is 10.0 Å². The Labute approximate surface area is 196 Å². The molecule has 33 heavy (non-hydrogen) atoms. The summed E-state index contributed by atoms with van der Waals surface area (Å²) in [6, 6.07) is 7.83. The van der Waals surface area contributed by atoms with E-state index in [1.54, 1.807) is 19.2 Å². The fourth-order valence-corrected chi connectivity index (χ4v) is 4.93. The van der Waals surface area contributed by atoms with Crippen LogP contribution in [0.1, 0.15) is 25.7 Å². The molecule has 0 spiro atoms. The molecule has 0 radical (unpaired) electrons. The SMILES string of the molecule is COc1cc2ncnc(Nc3ccc(F)c(Cl)c3)c2cc1O[C@H]1CC[C@@H](NS(C)(=O)=O)CC1. The van der Waals surface area contributed by atoms with Crippen molar-refractivity contribution in [3.63, 3.8) is 0 Å². The molecule has 0 atom stereocenters. The Balaban J connectivity index is 1.57. The van der Waals surface area contributed by atoms with Crippen LogP contribution in [0.3, 0.4) is 0 Å². The molecule has 1 fully saturated rings. The Bertz CT molecular complexity index is 1270. The number of methoxy groups -OCH3 is 1. The van der Waals surface area contributed by atoms with Crippen LogP contribution in [0.15, 0.2) is 36.7 Å². The summed E-state index contributed by atoms with van der Waals surface area (Å²) in [5.74, 6) is 1.08. The summed E-state index contributed by atoms with van der Waals surface area (Å²) in [5.41, 5.74) is 1.22. The molecule has 11 heteroatoms. The van der Waals surface area contributed by atoms with E-state index in [-0.39, 0.29) is 17.2 Å². The number of fused-ring (bicyclic) bond motifs is 1. The fourth-order valence-electron chi connectivity index (χ4n) is 3.91. The third-order valence-corrected chi connectivity index (χ3v) is 6.50. The number of ether oxygens (including phenoxy) is 2. The van der Waals surface area contributed by atoms with Crippen molar-refractivity contribution in [3.05, 3.63) is 47.5 Å². The predicted molar refractivity (Wildman–Crippen MR) is 125 cm³/mol. The highest BCUT2D eigenvalue weighted by Gasteiger charge is 2.25. The van der Waals surface area contributed by atoms with Crippen molar-refractivity contribution in [3.8, 4) is 11.5 Å². The van der Waals surface area contributed by atoms with Crippen LogP contribution in [0.4, 0.5) is 15.9 Å². The first kappa shape index (κ1) is 23.5. The third kappa shape index (κ3) is 5.82. The Morgan fingerprint density at radius 1 is 1.09 bits per heavy atom. The molecular weight excluding hydrogens is 471 g/mol. The van der Waals surface area contributed by atoms with E-state index in [2.05, 4.69) is 20.0 Å². The Hall–Kier alpha value is -2.69. The average molecular weight is 495 g/mol. The van der Waals surface area contributed by atoms with Gasteiger partial charge < -0.3 is 14.8 Å². The van der Waals surface area contributed by atoms with Gasteiger partial charge in [-0.2, -0.15) is 0 Å². The van der Waals surface area contributed by atoms with Crippen LogP contribution in [-0.2, 0) is 10.0 Å². The molecule has 8 nitrogen and oxygen atoms in total. The van der Waals surface area contributed by atoms with Crippen LogP contribution in [0, 0.1) is 5.82 Å². The topological polar surface area (TPSA) is 102 Å². The molecule has 1 aromatic heterocycles. The van der Waals surface area contributed by atoms with E-state index in [4.69, 9.17) is 21.1 Å². The van der Waals surface area contributed by atoms with E-state index in [0.29, 0.717) is 59.6 Å². The maximum Gasteiger partial charge on any atom is 0.208 e. The lowest BCUT2D eigenvalue weighted by molar-refractivity contribution is 0.140. The monoisotopic (exact) mass is 494 g/mol. The lowest BCUT2D eigenvalue weighted by Crippen LogP contribution is -2.39. The summed E-state index contributed by atoms with van der Waals surface area (Å²) in [6.45, 7) is 0. The molecule has 0 unspecified atom stereocenters. The summed E-state index contributed by atoms with van der Waals surface area (Å²) in [5, 5.41) is 3.85. The zero-order valence-electron chi connectivity index (χ0n) is 18.1. The summed E-state index contributed by atoms with van der Waals surface area (Å²) in [6.07, 6.45) is 5.31. The normalized spacial score (nSPS) is 18.8. The van der Waals surface area contributed by atoms with Gasteiger partial charge in [-0.1, -0.05) is 11.6 Å². The van der Waals surface area contributed by atoms with Crippen molar-refractivity contribution in [1.82, 2.24) is 14.7 Å².